The van der Waals surface area contributed by atoms with Crippen molar-refractivity contribution in [3.63, 3.8) is 0 Å². The third kappa shape index (κ3) is 4.63. The lowest BCUT2D eigenvalue weighted by Gasteiger charge is -2.12. The van der Waals surface area contributed by atoms with Gasteiger partial charge < -0.3 is 14.8 Å². The van der Waals surface area contributed by atoms with Crippen LogP contribution in [0.4, 0.5) is 5.69 Å². The van der Waals surface area contributed by atoms with E-state index in [0.717, 1.165) is 0 Å². The normalized spacial score (nSPS) is 10.1. The van der Waals surface area contributed by atoms with Gasteiger partial charge >= 0.3 is 5.97 Å². The Morgan fingerprint density at radius 1 is 1.08 bits per heavy atom. The van der Waals surface area contributed by atoms with Crippen molar-refractivity contribution in [1.29, 1.82) is 0 Å². The van der Waals surface area contributed by atoms with Gasteiger partial charge in [-0.1, -0.05) is 41.4 Å². The molecule has 126 valence electrons. The van der Waals surface area contributed by atoms with Crippen molar-refractivity contribution in [2.45, 2.75) is 6.92 Å². The van der Waals surface area contributed by atoms with Crippen molar-refractivity contribution in [2.24, 2.45) is 0 Å². The number of carbonyl (C=O) groups is 2. The number of ether oxygens (including phenoxy) is 2. The summed E-state index contributed by atoms with van der Waals surface area (Å²) in [6, 6.07) is 11.5. The number of benzene rings is 2. The first-order valence-corrected chi connectivity index (χ1v) is 7.91. The van der Waals surface area contributed by atoms with Crippen molar-refractivity contribution < 1.29 is 19.1 Å². The molecule has 7 heteroatoms. The summed E-state index contributed by atoms with van der Waals surface area (Å²) in [6.07, 6.45) is 0. The van der Waals surface area contributed by atoms with Gasteiger partial charge in [-0.25, -0.2) is 4.79 Å². The van der Waals surface area contributed by atoms with E-state index in [0.29, 0.717) is 16.5 Å². The zero-order valence-electron chi connectivity index (χ0n) is 12.8. The molecule has 0 aromatic heterocycles. The molecule has 0 aliphatic heterocycles. The lowest BCUT2D eigenvalue weighted by molar-refractivity contribution is -0.118. The summed E-state index contributed by atoms with van der Waals surface area (Å²) in [5.41, 5.74) is 0.621. The predicted molar refractivity (Wildman–Crippen MR) is 93.0 cm³/mol. The van der Waals surface area contributed by atoms with Crippen molar-refractivity contribution in [1.82, 2.24) is 0 Å². The lowest BCUT2D eigenvalue weighted by atomic mass is 10.2. The molecule has 1 N–H and O–H groups in total. The molecular formula is C17H15Cl2NO4. The maximum absolute atomic E-state index is 12.1. The average Bonchev–Trinajstić information content (AvgIpc) is 2.57. The Hall–Kier alpha value is -2.24. The number of esters is 1. The Morgan fingerprint density at radius 2 is 1.83 bits per heavy atom. The van der Waals surface area contributed by atoms with Crippen LogP contribution in [0.5, 0.6) is 5.75 Å². The topological polar surface area (TPSA) is 64.6 Å². The SMILES string of the molecule is CCOC(=O)c1ccccc1NC(=O)COc1cccc(Cl)c1Cl. The number of para-hydroxylation sites is 1. The van der Waals surface area contributed by atoms with E-state index in [9.17, 15) is 9.59 Å². The largest absolute Gasteiger partial charge is 0.482 e. The summed E-state index contributed by atoms with van der Waals surface area (Å²) in [7, 11) is 0. The lowest BCUT2D eigenvalue weighted by Crippen LogP contribution is -2.22. The van der Waals surface area contributed by atoms with Crippen LogP contribution in [-0.4, -0.2) is 25.1 Å². The Balaban J connectivity index is 2.03. The van der Waals surface area contributed by atoms with Gasteiger partial charge in [-0.05, 0) is 31.2 Å². The molecular weight excluding hydrogens is 353 g/mol. The molecule has 2 aromatic carbocycles. The van der Waals surface area contributed by atoms with E-state index in [2.05, 4.69) is 5.32 Å². The van der Waals surface area contributed by atoms with Crippen LogP contribution in [0.25, 0.3) is 0 Å². The molecule has 1 amide bonds. The molecule has 5 nitrogen and oxygen atoms in total. The van der Waals surface area contributed by atoms with E-state index in [1.165, 1.54) is 0 Å². The summed E-state index contributed by atoms with van der Waals surface area (Å²) in [5, 5.41) is 3.18. The number of carbonyl (C=O) groups excluding carboxylic acids is 2. The van der Waals surface area contributed by atoms with Gasteiger partial charge in [0, 0.05) is 0 Å². The maximum Gasteiger partial charge on any atom is 0.340 e. The number of amides is 1. The highest BCUT2D eigenvalue weighted by Gasteiger charge is 2.14. The van der Waals surface area contributed by atoms with E-state index in [-0.39, 0.29) is 23.8 Å². The summed E-state index contributed by atoms with van der Waals surface area (Å²) < 4.78 is 10.3. The molecule has 0 bridgehead atoms. The summed E-state index contributed by atoms with van der Waals surface area (Å²) in [4.78, 5) is 23.9. The summed E-state index contributed by atoms with van der Waals surface area (Å²) >= 11 is 11.9. The Labute approximate surface area is 149 Å². The highest BCUT2D eigenvalue weighted by Crippen LogP contribution is 2.31. The monoisotopic (exact) mass is 367 g/mol. The van der Waals surface area contributed by atoms with Gasteiger partial charge in [-0.15, -0.1) is 0 Å². The standard InChI is InChI=1S/C17H15Cl2NO4/c1-2-23-17(22)11-6-3-4-8-13(11)20-15(21)10-24-14-9-5-7-12(18)16(14)19/h3-9H,2,10H2,1H3,(H,20,21). The molecule has 24 heavy (non-hydrogen) atoms. The Bertz CT molecular complexity index is 749. The molecule has 0 radical (unpaired) electrons. The minimum atomic E-state index is -0.507. The van der Waals surface area contributed by atoms with Gasteiger partial charge in [0.2, 0.25) is 0 Å². The first-order chi connectivity index (χ1) is 11.5. The molecule has 0 spiro atoms. The first-order valence-electron chi connectivity index (χ1n) is 7.15. The fourth-order valence-corrected chi connectivity index (χ4v) is 2.25. The van der Waals surface area contributed by atoms with Crippen molar-refractivity contribution in [2.75, 3.05) is 18.5 Å². The minimum absolute atomic E-state index is 0.235. The zero-order valence-corrected chi connectivity index (χ0v) is 14.4. The predicted octanol–water partition coefficient (Wildman–Crippen LogP) is 4.19. The fourth-order valence-electron chi connectivity index (χ4n) is 1.90. The van der Waals surface area contributed by atoms with Crippen LogP contribution in [-0.2, 0) is 9.53 Å². The van der Waals surface area contributed by atoms with E-state index in [4.69, 9.17) is 32.7 Å². The van der Waals surface area contributed by atoms with Gasteiger partial charge in [-0.2, -0.15) is 0 Å². The molecule has 2 aromatic rings. The van der Waals surface area contributed by atoms with Gasteiger partial charge in [0.25, 0.3) is 5.91 Å². The molecule has 0 saturated carbocycles. The number of hydrogen-bond donors (Lipinski definition) is 1. The summed E-state index contributed by atoms with van der Waals surface area (Å²) in [6.45, 7) is 1.68. The van der Waals surface area contributed by atoms with Crippen LogP contribution in [0.3, 0.4) is 0 Å². The molecule has 0 heterocycles. The second-order valence-electron chi connectivity index (χ2n) is 4.65. The average molecular weight is 368 g/mol. The quantitative estimate of drug-likeness (QED) is 0.777. The van der Waals surface area contributed by atoms with Crippen LogP contribution in [0.2, 0.25) is 10.0 Å². The number of nitrogens with one attached hydrogen (secondary N) is 1. The number of halogens is 2. The second kappa shape index (κ2) is 8.57. The van der Waals surface area contributed by atoms with E-state index in [1.54, 1.807) is 49.4 Å². The molecule has 0 aliphatic carbocycles. The van der Waals surface area contributed by atoms with Gasteiger partial charge in [0.1, 0.15) is 10.8 Å². The van der Waals surface area contributed by atoms with Gasteiger partial charge in [0.15, 0.2) is 6.61 Å². The Kier molecular flexibility index (Phi) is 6.46. The van der Waals surface area contributed by atoms with Gasteiger partial charge in [0.05, 0.1) is 22.9 Å². The third-order valence-corrected chi connectivity index (χ3v) is 3.77. The molecule has 2 rings (SSSR count). The smallest absolute Gasteiger partial charge is 0.340 e. The van der Waals surface area contributed by atoms with Crippen LogP contribution < -0.4 is 10.1 Å². The number of hydrogen-bond acceptors (Lipinski definition) is 4. The van der Waals surface area contributed by atoms with Crippen molar-refractivity contribution in [3.05, 3.63) is 58.1 Å². The number of anilines is 1. The van der Waals surface area contributed by atoms with E-state index >= 15 is 0 Å². The fraction of sp³-hybridized carbons (Fsp3) is 0.176. The number of rotatable bonds is 6. The molecule has 0 fully saturated rings. The summed E-state index contributed by atoms with van der Waals surface area (Å²) in [5.74, 6) is -0.645. The third-order valence-electron chi connectivity index (χ3n) is 2.97. The maximum atomic E-state index is 12.1. The van der Waals surface area contributed by atoms with E-state index < -0.39 is 11.9 Å². The van der Waals surface area contributed by atoms with Crippen LogP contribution in [0.1, 0.15) is 17.3 Å². The first kappa shape index (κ1) is 18.1. The van der Waals surface area contributed by atoms with Crippen LogP contribution >= 0.6 is 23.2 Å². The molecule has 0 unspecified atom stereocenters. The zero-order chi connectivity index (χ0) is 17.5. The highest BCUT2D eigenvalue weighted by molar-refractivity contribution is 6.42. The van der Waals surface area contributed by atoms with Crippen molar-refractivity contribution >= 4 is 40.8 Å². The molecule has 0 aliphatic rings. The van der Waals surface area contributed by atoms with Crippen LogP contribution in [0, 0.1) is 0 Å². The molecule has 0 atom stereocenters. The van der Waals surface area contributed by atoms with Crippen LogP contribution in [0.15, 0.2) is 42.5 Å². The Morgan fingerprint density at radius 3 is 2.58 bits per heavy atom. The minimum Gasteiger partial charge on any atom is -0.482 e. The second-order valence-corrected chi connectivity index (χ2v) is 5.44. The molecule has 0 saturated heterocycles. The highest BCUT2D eigenvalue weighted by atomic mass is 35.5. The van der Waals surface area contributed by atoms with Crippen molar-refractivity contribution in [3.8, 4) is 5.75 Å². The van der Waals surface area contributed by atoms with Gasteiger partial charge in [-0.3, -0.25) is 4.79 Å². The van der Waals surface area contributed by atoms with E-state index in [1.807, 2.05) is 0 Å².